The zero-order valence-electron chi connectivity index (χ0n) is 12.2. The summed E-state index contributed by atoms with van der Waals surface area (Å²) in [5.41, 5.74) is 2.01. The molecule has 106 valence electrons. The Morgan fingerprint density at radius 1 is 1.24 bits per heavy atom. The van der Waals surface area contributed by atoms with Gasteiger partial charge in [0.15, 0.2) is 0 Å². The van der Waals surface area contributed by atoms with Crippen LogP contribution in [0.1, 0.15) is 36.9 Å². The third-order valence-corrected chi connectivity index (χ3v) is 4.40. The fourth-order valence-electron chi connectivity index (χ4n) is 3.13. The van der Waals surface area contributed by atoms with Crippen LogP contribution in [0.4, 0.5) is 0 Å². The molecule has 1 aromatic carbocycles. The molecule has 1 heterocycles. The molecule has 2 aromatic rings. The van der Waals surface area contributed by atoms with Crippen molar-refractivity contribution in [2.24, 2.45) is 0 Å². The summed E-state index contributed by atoms with van der Waals surface area (Å²) in [5, 5.41) is 13.2. The molecule has 1 aromatic heterocycles. The van der Waals surface area contributed by atoms with Crippen LogP contribution in [0.15, 0.2) is 54.9 Å². The SMILES string of the molecule is C[C@H](NC1CC(C#N)(c2ccccc2)C1)c1cccnc1. The number of hydrogen-bond donors (Lipinski definition) is 1. The van der Waals surface area contributed by atoms with E-state index < -0.39 is 0 Å². The molecule has 0 bridgehead atoms. The molecule has 0 unspecified atom stereocenters. The van der Waals surface area contributed by atoms with Crippen molar-refractivity contribution >= 4 is 0 Å². The molecule has 1 atom stereocenters. The minimum absolute atomic E-state index is 0.260. The third kappa shape index (κ3) is 2.68. The van der Waals surface area contributed by atoms with Gasteiger partial charge in [0.1, 0.15) is 0 Å². The highest BCUT2D eigenvalue weighted by atomic mass is 15.0. The average molecular weight is 277 g/mol. The van der Waals surface area contributed by atoms with Crippen molar-refractivity contribution in [2.75, 3.05) is 0 Å². The van der Waals surface area contributed by atoms with Gasteiger partial charge < -0.3 is 5.32 Å². The number of benzene rings is 1. The Morgan fingerprint density at radius 2 is 2.00 bits per heavy atom. The first-order valence-electron chi connectivity index (χ1n) is 7.36. The summed E-state index contributed by atoms with van der Waals surface area (Å²) in [6.45, 7) is 2.14. The molecular formula is C18H19N3. The third-order valence-electron chi connectivity index (χ3n) is 4.40. The van der Waals surface area contributed by atoms with E-state index in [9.17, 15) is 5.26 Å². The smallest absolute Gasteiger partial charge is 0.0852 e. The van der Waals surface area contributed by atoms with Crippen LogP contribution >= 0.6 is 0 Å². The van der Waals surface area contributed by atoms with Gasteiger partial charge in [0.2, 0.25) is 0 Å². The van der Waals surface area contributed by atoms with E-state index in [1.165, 1.54) is 5.56 Å². The molecule has 1 saturated carbocycles. The maximum atomic E-state index is 9.57. The highest BCUT2D eigenvalue weighted by Gasteiger charge is 2.46. The fourth-order valence-corrected chi connectivity index (χ4v) is 3.13. The largest absolute Gasteiger partial charge is 0.307 e. The molecule has 21 heavy (non-hydrogen) atoms. The molecule has 3 heteroatoms. The molecule has 0 spiro atoms. The first-order valence-corrected chi connectivity index (χ1v) is 7.36. The van der Waals surface area contributed by atoms with Crippen molar-refractivity contribution in [1.82, 2.24) is 10.3 Å². The normalized spacial score (nSPS) is 25.6. The van der Waals surface area contributed by atoms with Crippen molar-refractivity contribution in [1.29, 1.82) is 5.26 Å². The highest BCUT2D eigenvalue weighted by Crippen LogP contribution is 2.43. The molecule has 3 rings (SSSR count). The number of nitriles is 1. The lowest BCUT2D eigenvalue weighted by molar-refractivity contribution is 0.213. The second kappa shape index (κ2) is 5.67. The van der Waals surface area contributed by atoms with Crippen molar-refractivity contribution in [2.45, 2.75) is 37.3 Å². The Balaban J connectivity index is 1.64. The number of aromatic nitrogens is 1. The van der Waals surface area contributed by atoms with E-state index in [1.54, 1.807) is 6.20 Å². The number of nitrogens with zero attached hydrogens (tertiary/aromatic N) is 2. The maximum absolute atomic E-state index is 9.57. The van der Waals surface area contributed by atoms with E-state index in [-0.39, 0.29) is 11.5 Å². The molecular weight excluding hydrogens is 258 g/mol. The molecule has 0 radical (unpaired) electrons. The Hall–Kier alpha value is -2.18. The van der Waals surface area contributed by atoms with Gasteiger partial charge >= 0.3 is 0 Å². The van der Waals surface area contributed by atoms with Gasteiger partial charge in [-0.05, 0) is 37.0 Å². The highest BCUT2D eigenvalue weighted by molar-refractivity contribution is 5.37. The number of hydrogen-bond acceptors (Lipinski definition) is 3. The Kier molecular flexibility index (Phi) is 3.72. The summed E-state index contributed by atoms with van der Waals surface area (Å²) in [6, 6.07) is 17.3. The molecule has 0 aliphatic heterocycles. The minimum Gasteiger partial charge on any atom is -0.307 e. The summed E-state index contributed by atoms with van der Waals surface area (Å²) in [5.74, 6) is 0. The van der Waals surface area contributed by atoms with Gasteiger partial charge in [-0.15, -0.1) is 0 Å². The average Bonchev–Trinajstić information content (AvgIpc) is 2.52. The molecule has 0 saturated heterocycles. The van der Waals surface area contributed by atoms with Gasteiger partial charge in [0, 0.05) is 24.5 Å². The summed E-state index contributed by atoms with van der Waals surface area (Å²) in [4.78, 5) is 4.16. The number of rotatable bonds is 4. The van der Waals surface area contributed by atoms with Crippen molar-refractivity contribution in [3.8, 4) is 6.07 Å². The maximum Gasteiger partial charge on any atom is 0.0852 e. The lowest BCUT2D eigenvalue weighted by atomic mass is 9.62. The lowest BCUT2D eigenvalue weighted by Gasteiger charge is -2.44. The van der Waals surface area contributed by atoms with Crippen LogP contribution in [0.3, 0.4) is 0 Å². The summed E-state index contributed by atoms with van der Waals surface area (Å²) >= 11 is 0. The van der Waals surface area contributed by atoms with Crippen LogP contribution in [0.25, 0.3) is 0 Å². The first-order chi connectivity index (χ1) is 10.2. The van der Waals surface area contributed by atoms with Gasteiger partial charge in [0.05, 0.1) is 11.5 Å². The van der Waals surface area contributed by atoms with E-state index in [4.69, 9.17) is 0 Å². The van der Waals surface area contributed by atoms with Gasteiger partial charge in [-0.1, -0.05) is 36.4 Å². The predicted molar refractivity (Wildman–Crippen MR) is 82.5 cm³/mol. The quantitative estimate of drug-likeness (QED) is 0.932. The van der Waals surface area contributed by atoms with Crippen molar-refractivity contribution in [3.05, 3.63) is 66.0 Å². The first kappa shape index (κ1) is 13.8. The summed E-state index contributed by atoms with van der Waals surface area (Å²) < 4.78 is 0. The van der Waals surface area contributed by atoms with Crippen molar-refractivity contribution in [3.63, 3.8) is 0 Å². The predicted octanol–water partition coefficient (Wildman–Crippen LogP) is 3.36. The van der Waals surface area contributed by atoms with Gasteiger partial charge in [-0.2, -0.15) is 5.26 Å². The lowest BCUT2D eigenvalue weighted by Crippen LogP contribution is -2.51. The van der Waals surface area contributed by atoms with Crippen LogP contribution in [0, 0.1) is 11.3 Å². The van der Waals surface area contributed by atoms with Gasteiger partial charge in [0.25, 0.3) is 0 Å². The second-order valence-electron chi connectivity index (χ2n) is 5.84. The monoisotopic (exact) mass is 277 g/mol. The summed E-state index contributed by atoms with van der Waals surface area (Å²) in [6.07, 6.45) is 5.43. The minimum atomic E-state index is -0.312. The van der Waals surface area contributed by atoms with Crippen LogP contribution < -0.4 is 5.32 Å². The topological polar surface area (TPSA) is 48.7 Å². The zero-order chi connectivity index (χ0) is 14.7. The molecule has 0 amide bonds. The van der Waals surface area contributed by atoms with Crippen LogP contribution in [-0.4, -0.2) is 11.0 Å². The summed E-state index contributed by atoms with van der Waals surface area (Å²) in [7, 11) is 0. The second-order valence-corrected chi connectivity index (χ2v) is 5.84. The standard InChI is InChI=1S/C18H19N3/c1-14(15-6-5-9-20-12-15)21-17-10-18(11-17,13-19)16-7-3-2-4-8-16/h2-9,12,14,17,21H,10-11H2,1H3/t14-,17?,18?/m0/s1. The van der Waals surface area contributed by atoms with Crippen LogP contribution in [-0.2, 0) is 5.41 Å². The number of pyridine rings is 1. The van der Waals surface area contributed by atoms with Crippen LogP contribution in [0.5, 0.6) is 0 Å². The van der Waals surface area contributed by atoms with Gasteiger partial charge in [-0.25, -0.2) is 0 Å². The Morgan fingerprint density at radius 3 is 2.62 bits per heavy atom. The van der Waals surface area contributed by atoms with Gasteiger partial charge in [-0.3, -0.25) is 4.98 Å². The van der Waals surface area contributed by atoms with E-state index in [0.29, 0.717) is 6.04 Å². The van der Waals surface area contributed by atoms with E-state index in [1.807, 2.05) is 30.5 Å². The Labute approximate surface area is 125 Å². The fraction of sp³-hybridized carbons (Fsp3) is 0.333. The molecule has 1 fully saturated rings. The van der Waals surface area contributed by atoms with E-state index in [0.717, 1.165) is 18.4 Å². The molecule has 3 nitrogen and oxygen atoms in total. The van der Waals surface area contributed by atoms with E-state index >= 15 is 0 Å². The zero-order valence-corrected chi connectivity index (χ0v) is 12.2. The van der Waals surface area contributed by atoms with E-state index in [2.05, 4.69) is 41.5 Å². The van der Waals surface area contributed by atoms with Crippen molar-refractivity contribution < 1.29 is 0 Å². The Bertz CT molecular complexity index is 625. The molecule has 1 aliphatic carbocycles. The number of nitrogens with one attached hydrogen (secondary N) is 1. The van der Waals surface area contributed by atoms with Crippen LogP contribution in [0.2, 0.25) is 0 Å². The molecule has 1 N–H and O–H groups in total. The molecule has 1 aliphatic rings.